The van der Waals surface area contributed by atoms with E-state index in [1.165, 1.54) is 19.2 Å². The predicted molar refractivity (Wildman–Crippen MR) is 101 cm³/mol. The molecule has 2 aromatic rings. The molecule has 134 valence electrons. The number of carbonyl (C=O) groups is 1. The van der Waals surface area contributed by atoms with E-state index in [-0.39, 0.29) is 4.90 Å². The van der Waals surface area contributed by atoms with Crippen molar-refractivity contribution >= 4 is 37.6 Å². The number of rotatable bonds is 6. The molecule has 0 saturated heterocycles. The van der Waals surface area contributed by atoms with Crippen LogP contribution in [0.1, 0.15) is 25.3 Å². The maximum atomic E-state index is 13.0. The molecule has 5 nitrogen and oxygen atoms in total. The zero-order chi connectivity index (χ0) is 18.6. The smallest absolute Gasteiger partial charge is 0.326 e. The minimum atomic E-state index is -3.90. The van der Waals surface area contributed by atoms with Crippen molar-refractivity contribution in [2.24, 2.45) is 0 Å². The van der Waals surface area contributed by atoms with Crippen molar-refractivity contribution in [1.29, 1.82) is 0 Å². The molecule has 0 atom stereocenters. The van der Waals surface area contributed by atoms with Crippen LogP contribution in [0.15, 0.2) is 57.9 Å². The van der Waals surface area contributed by atoms with Crippen molar-refractivity contribution in [3.63, 3.8) is 0 Å². The molecule has 0 unspecified atom stereocenters. The summed E-state index contributed by atoms with van der Waals surface area (Å²) in [4.78, 5) is 11.9. The summed E-state index contributed by atoms with van der Waals surface area (Å²) in [6, 6.07) is 13.4. The third-order valence-corrected chi connectivity index (χ3v) is 6.07. The lowest BCUT2D eigenvalue weighted by molar-refractivity contribution is -0.138. The van der Waals surface area contributed by atoms with Crippen LogP contribution < -0.4 is 4.31 Å². The van der Waals surface area contributed by atoms with E-state index in [4.69, 9.17) is 0 Å². The fourth-order valence-corrected chi connectivity index (χ4v) is 3.93. The Morgan fingerprint density at radius 1 is 1.08 bits per heavy atom. The Morgan fingerprint density at radius 3 is 2.12 bits per heavy atom. The zero-order valence-corrected chi connectivity index (χ0v) is 16.7. The van der Waals surface area contributed by atoms with E-state index in [2.05, 4.69) is 34.5 Å². The molecule has 0 N–H and O–H groups in total. The van der Waals surface area contributed by atoms with Crippen molar-refractivity contribution in [2.75, 3.05) is 18.0 Å². The Hall–Kier alpha value is -1.86. The highest BCUT2D eigenvalue weighted by Gasteiger charge is 2.27. The van der Waals surface area contributed by atoms with E-state index in [9.17, 15) is 13.2 Å². The third kappa shape index (κ3) is 4.61. The first-order valence-corrected chi connectivity index (χ1v) is 9.94. The van der Waals surface area contributed by atoms with Gasteiger partial charge in [-0.2, -0.15) is 0 Å². The van der Waals surface area contributed by atoms with E-state index in [0.29, 0.717) is 11.6 Å². The molecular weight excluding hydrogens is 406 g/mol. The summed E-state index contributed by atoms with van der Waals surface area (Å²) in [5.74, 6) is -0.306. The standard InChI is InChI=1S/C18H20BrNO4S/c1-13(2)14-4-8-16(9-5-14)20(12-18(21)24-3)25(22,23)17-10-6-15(19)7-11-17/h4-11,13H,12H2,1-3H3. The van der Waals surface area contributed by atoms with Crippen LogP contribution in [-0.4, -0.2) is 28.0 Å². The Kier molecular flexibility index (Phi) is 6.24. The number of ether oxygens (including phenoxy) is 1. The van der Waals surface area contributed by atoms with Crippen LogP contribution in [0.3, 0.4) is 0 Å². The normalized spacial score (nSPS) is 11.4. The van der Waals surface area contributed by atoms with Crippen molar-refractivity contribution in [1.82, 2.24) is 0 Å². The minimum absolute atomic E-state index is 0.104. The molecule has 0 aliphatic carbocycles. The first kappa shape index (κ1) is 19.5. The number of benzene rings is 2. The average molecular weight is 426 g/mol. The maximum absolute atomic E-state index is 13.0. The first-order chi connectivity index (χ1) is 11.8. The predicted octanol–water partition coefficient (Wildman–Crippen LogP) is 3.94. The summed E-state index contributed by atoms with van der Waals surface area (Å²) in [6.07, 6.45) is 0. The largest absolute Gasteiger partial charge is 0.468 e. The van der Waals surface area contributed by atoms with Gasteiger partial charge in [0.1, 0.15) is 6.54 Å². The first-order valence-electron chi connectivity index (χ1n) is 7.71. The van der Waals surface area contributed by atoms with Gasteiger partial charge in [-0.1, -0.05) is 41.9 Å². The highest BCUT2D eigenvalue weighted by Crippen LogP contribution is 2.26. The Labute approximate surface area is 156 Å². The number of hydrogen-bond donors (Lipinski definition) is 0. The number of carbonyl (C=O) groups excluding carboxylic acids is 1. The molecule has 7 heteroatoms. The van der Waals surface area contributed by atoms with Gasteiger partial charge in [0, 0.05) is 4.47 Å². The van der Waals surface area contributed by atoms with Gasteiger partial charge in [0.05, 0.1) is 17.7 Å². The lowest BCUT2D eigenvalue weighted by Gasteiger charge is -2.24. The third-order valence-electron chi connectivity index (χ3n) is 3.75. The van der Waals surface area contributed by atoms with Crippen LogP contribution >= 0.6 is 15.9 Å². The van der Waals surface area contributed by atoms with E-state index >= 15 is 0 Å². The van der Waals surface area contributed by atoms with Gasteiger partial charge in [-0.25, -0.2) is 8.42 Å². The van der Waals surface area contributed by atoms with Crippen LogP contribution in [0.4, 0.5) is 5.69 Å². The van der Waals surface area contributed by atoms with E-state index in [1.54, 1.807) is 24.3 Å². The Morgan fingerprint density at radius 2 is 1.64 bits per heavy atom. The molecule has 0 radical (unpaired) electrons. The Bertz CT molecular complexity index is 830. The summed E-state index contributed by atoms with van der Waals surface area (Å²) >= 11 is 3.28. The SMILES string of the molecule is COC(=O)CN(c1ccc(C(C)C)cc1)S(=O)(=O)c1ccc(Br)cc1. The van der Waals surface area contributed by atoms with Gasteiger partial charge >= 0.3 is 5.97 Å². The number of sulfonamides is 1. The number of nitrogens with zero attached hydrogens (tertiary/aromatic N) is 1. The summed E-state index contributed by atoms with van der Waals surface area (Å²) in [5.41, 5.74) is 1.50. The molecule has 2 rings (SSSR count). The van der Waals surface area contributed by atoms with E-state index in [0.717, 1.165) is 14.3 Å². The number of halogens is 1. The molecule has 0 aromatic heterocycles. The highest BCUT2D eigenvalue weighted by atomic mass is 79.9. The van der Waals surface area contributed by atoms with Gasteiger partial charge < -0.3 is 4.74 Å². The second-order valence-corrected chi connectivity index (χ2v) is 8.57. The summed E-state index contributed by atoms with van der Waals surface area (Å²) < 4.78 is 32.5. The van der Waals surface area contributed by atoms with E-state index < -0.39 is 22.5 Å². The van der Waals surface area contributed by atoms with Gasteiger partial charge in [0.15, 0.2) is 0 Å². The van der Waals surface area contributed by atoms with Gasteiger partial charge in [-0.15, -0.1) is 0 Å². The van der Waals surface area contributed by atoms with Gasteiger partial charge in [0.25, 0.3) is 10.0 Å². The van der Waals surface area contributed by atoms with Crippen molar-refractivity contribution in [3.8, 4) is 0 Å². The van der Waals surface area contributed by atoms with Gasteiger partial charge in [-0.3, -0.25) is 9.10 Å². The van der Waals surface area contributed by atoms with Gasteiger partial charge in [-0.05, 0) is 47.9 Å². The summed E-state index contributed by atoms with van der Waals surface area (Å²) in [7, 11) is -2.67. The second kappa shape index (κ2) is 8.01. The number of methoxy groups -OCH3 is 1. The maximum Gasteiger partial charge on any atom is 0.326 e. The van der Waals surface area contributed by atoms with Crippen LogP contribution in [0, 0.1) is 0 Å². The monoisotopic (exact) mass is 425 g/mol. The number of esters is 1. The van der Waals surface area contributed by atoms with Crippen molar-refractivity contribution in [2.45, 2.75) is 24.7 Å². The van der Waals surface area contributed by atoms with Gasteiger partial charge in [0.2, 0.25) is 0 Å². The molecule has 25 heavy (non-hydrogen) atoms. The molecule has 0 heterocycles. The molecule has 0 aliphatic rings. The molecule has 0 fully saturated rings. The van der Waals surface area contributed by atoms with Crippen LogP contribution in [-0.2, 0) is 19.6 Å². The average Bonchev–Trinajstić information content (AvgIpc) is 2.59. The highest BCUT2D eigenvalue weighted by molar-refractivity contribution is 9.10. The molecular formula is C18H20BrNO4S. The molecule has 0 aliphatic heterocycles. The lowest BCUT2D eigenvalue weighted by Crippen LogP contribution is -2.36. The number of anilines is 1. The topological polar surface area (TPSA) is 63.7 Å². The zero-order valence-electron chi connectivity index (χ0n) is 14.3. The summed E-state index contributed by atoms with van der Waals surface area (Å²) in [6.45, 7) is 3.72. The molecule has 2 aromatic carbocycles. The fraction of sp³-hybridized carbons (Fsp3) is 0.278. The quantitative estimate of drug-likeness (QED) is 0.657. The molecule has 0 amide bonds. The van der Waals surface area contributed by atoms with Crippen LogP contribution in [0.2, 0.25) is 0 Å². The summed E-state index contributed by atoms with van der Waals surface area (Å²) in [5, 5.41) is 0. The van der Waals surface area contributed by atoms with Crippen molar-refractivity contribution in [3.05, 3.63) is 58.6 Å². The lowest BCUT2D eigenvalue weighted by atomic mass is 10.0. The Balaban J connectivity index is 2.48. The molecule has 0 bridgehead atoms. The van der Waals surface area contributed by atoms with E-state index in [1.807, 2.05) is 12.1 Å². The fourth-order valence-electron chi connectivity index (χ4n) is 2.26. The van der Waals surface area contributed by atoms with Crippen LogP contribution in [0.25, 0.3) is 0 Å². The second-order valence-electron chi connectivity index (χ2n) is 5.79. The molecule has 0 saturated carbocycles. The van der Waals surface area contributed by atoms with Crippen LogP contribution in [0.5, 0.6) is 0 Å². The van der Waals surface area contributed by atoms with Crippen molar-refractivity contribution < 1.29 is 17.9 Å². The minimum Gasteiger partial charge on any atom is -0.468 e. The molecule has 0 spiro atoms. The number of hydrogen-bond acceptors (Lipinski definition) is 4.